The van der Waals surface area contributed by atoms with E-state index in [2.05, 4.69) is 59.1 Å². The van der Waals surface area contributed by atoms with E-state index in [0.29, 0.717) is 11.7 Å². The van der Waals surface area contributed by atoms with Crippen molar-refractivity contribution >= 4 is 21.7 Å². The first kappa shape index (κ1) is 13.1. The van der Waals surface area contributed by atoms with E-state index in [1.807, 2.05) is 7.05 Å². The van der Waals surface area contributed by atoms with Crippen LogP contribution in [0.4, 0.5) is 5.82 Å². The van der Waals surface area contributed by atoms with Crippen LogP contribution in [0.1, 0.15) is 19.4 Å². The van der Waals surface area contributed by atoms with E-state index in [-0.39, 0.29) is 0 Å². The van der Waals surface area contributed by atoms with Crippen molar-refractivity contribution in [2.45, 2.75) is 20.3 Å². The number of benzene rings is 1. The summed E-state index contributed by atoms with van der Waals surface area (Å²) in [5.41, 5.74) is 9.22. The highest BCUT2D eigenvalue weighted by molar-refractivity contribution is 9.10. The molecule has 0 bridgehead atoms. The van der Waals surface area contributed by atoms with Gasteiger partial charge in [0.2, 0.25) is 0 Å². The molecule has 0 spiro atoms. The third-order valence-electron chi connectivity index (χ3n) is 2.90. The second-order valence-electron chi connectivity index (χ2n) is 4.97. The van der Waals surface area contributed by atoms with Gasteiger partial charge in [-0.15, -0.1) is 0 Å². The lowest BCUT2D eigenvalue weighted by Gasteiger charge is -2.05. The summed E-state index contributed by atoms with van der Waals surface area (Å²) < 4.78 is 2.54. The molecule has 0 atom stereocenters. The van der Waals surface area contributed by atoms with Crippen molar-refractivity contribution in [1.82, 2.24) is 9.78 Å². The van der Waals surface area contributed by atoms with Gasteiger partial charge in [0.1, 0.15) is 11.5 Å². The molecule has 0 fully saturated rings. The molecule has 2 N–H and O–H groups in total. The average Bonchev–Trinajstić information content (AvgIpc) is 2.57. The number of rotatable bonds is 3. The topological polar surface area (TPSA) is 43.8 Å². The molecule has 2 aromatic rings. The lowest BCUT2D eigenvalue weighted by Crippen LogP contribution is -1.97. The molecule has 0 aliphatic rings. The van der Waals surface area contributed by atoms with Gasteiger partial charge in [-0.3, -0.25) is 4.68 Å². The molecule has 3 nitrogen and oxygen atoms in total. The summed E-state index contributed by atoms with van der Waals surface area (Å²) in [5, 5.41) is 4.42. The summed E-state index contributed by atoms with van der Waals surface area (Å²) in [4.78, 5) is 0. The molecule has 0 aliphatic heterocycles. The molecule has 0 saturated carbocycles. The van der Waals surface area contributed by atoms with Crippen LogP contribution < -0.4 is 5.73 Å². The summed E-state index contributed by atoms with van der Waals surface area (Å²) in [6.45, 7) is 4.45. The normalized spacial score (nSPS) is 11.2. The van der Waals surface area contributed by atoms with Crippen molar-refractivity contribution in [3.63, 3.8) is 0 Å². The number of anilines is 1. The van der Waals surface area contributed by atoms with Gasteiger partial charge >= 0.3 is 0 Å². The molecule has 0 saturated heterocycles. The minimum atomic E-state index is 0.649. The number of hydrogen-bond donors (Lipinski definition) is 1. The Morgan fingerprint density at radius 3 is 2.33 bits per heavy atom. The minimum absolute atomic E-state index is 0.649. The predicted molar refractivity (Wildman–Crippen MR) is 79.3 cm³/mol. The molecule has 0 amide bonds. The number of nitrogens with zero attached hydrogens (tertiary/aromatic N) is 2. The lowest BCUT2D eigenvalue weighted by atomic mass is 10.0. The molecular weight excluding hydrogens is 290 g/mol. The van der Waals surface area contributed by atoms with Crippen molar-refractivity contribution in [2.75, 3.05) is 5.73 Å². The van der Waals surface area contributed by atoms with Crippen molar-refractivity contribution in [3.05, 3.63) is 34.3 Å². The fourth-order valence-corrected chi connectivity index (χ4v) is 2.53. The molecule has 1 aromatic heterocycles. The van der Waals surface area contributed by atoms with Crippen LogP contribution in [0.25, 0.3) is 11.3 Å². The number of nitrogen functional groups attached to an aromatic ring is 1. The highest BCUT2D eigenvalue weighted by Crippen LogP contribution is 2.31. The summed E-state index contributed by atoms with van der Waals surface area (Å²) in [6, 6.07) is 8.52. The van der Waals surface area contributed by atoms with Gasteiger partial charge in [0, 0.05) is 12.6 Å². The second kappa shape index (κ2) is 5.14. The Hall–Kier alpha value is -1.29. The van der Waals surface area contributed by atoms with Crippen molar-refractivity contribution in [2.24, 2.45) is 13.0 Å². The zero-order valence-electron chi connectivity index (χ0n) is 10.9. The smallest absolute Gasteiger partial charge is 0.136 e. The van der Waals surface area contributed by atoms with Crippen LogP contribution in [-0.2, 0) is 13.5 Å². The van der Waals surface area contributed by atoms with Crippen LogP contribution in [0.15, 0.2) is 28.7 Å². The van der Waals surface area contributed by atoms with Gasteiger partial charge in [-0.2, -0.15) is 5.10 Å². The van der Waals surface area contributed by atoms with Crippen molar-refractivity contribution in [1.29, 1.82) is 0 Å². The number of halogens is 1. The maximum Gasteiger partial charge on any atom is 0.136 e. The fraction of sp³-hybridized carbons (Fsp3) is 0.357. The highest BCUT2D eigenvalue weighted by atomic mass is 79.9. The largest absolute Gasteiger partial charge is 0.383 e. The van der Waals surface area contributed by atoms with Crippen molar-refractivity contribution < 1.29 is 0 Å². The summed E-state index contributed by atoms with van der Waals surface area (Å²) in [6.07, 6.45) is 1.10. The van der Waals surface area contributed by atoms with Gasteiger partial charge in [0.05, 0.1) is 4.47 Å². The summed E-state index contributed by atoms with van der Waals surface area (Å²) in [5.74, 6) is 1.32. The Morgan fingerprint density at radius 2 is 1.89 bits per heavy atom. The van der Waals surface area contributed by atoms with Crippen LogP contribution >= 0.6 is 15.9 Å². The van der Waals surface area contributed by atoms with Gasteiger partial charge in [-0.1, -0.05) is 38.1 Å². The van der Waals surface area contributed by atoms with E-state index in [9.17, 15) is 0 Å². The van der Waals surface area contributed by atoms with Gasteiger partial charge in [0.25, 0.3) is 0 Å². The first-order valence-corrected chi connectivity index (χ1v) is 6.85. The summed E-state index contributed by atoms with van der Waals surface area (Å²) >= 11 is 3.49. The molecule has 18 heavy (non-hydrogen) atoms. The van der Waals surface area contributed by atoms with Gasteiger partial charge in [-0.05, 0) is 33.8 Å². The third-order valence-corrected chi connectivity index (χ3v) is 3.68. The Balaban J connectivity index is 2.31. The van der Waals surface area contributed by atoms with E-state index in [0.717, 1.165) is 22.2 Å². The third kappa shape index (κ3) is 2.58. The molecule has 4 heteroatoms. The van der Waals surface area contributed by atoms with Crippen molar-refractivity contribution in [3.8, 4) is 11.3 Å². The first-order chi connectivity index (χ1) is 8.49. The average molecular weight is 308 g/mol. The van der Waals surface area contributed by atoms with E-state index in [1.165, 1.54) is 5.56 Å². The zero-order chi connectivity index (χ0) is 13.3. The predicted octanol–water partition coefficient (Wildman–Crippen LogP) is 3.63. The minimum Gasteiger partial charge on any atom is -0.383 e. The molecule has 0 unspecified atom stereocenters. The lowest BCUT2D eigenvalue weighted by molar-refractivity contribution is 0.647. The SMILES string of the molecule is CC(C)Cc1ccc(-c2nn(C)c(N)c2Br)cc1. The quantitative estimate of drug-likeness (QED) is 0.941. The van der Waals surface area contributed by atoms with Crippen LogP contribution in [0.5, 0.6) is 0 Å². The monoisotopic (exact) mass is 307 g/mol. The fourth-order valence-electron chi connectivity index (χ4n) is 1.97. The van der Waals surface area contributed by atoms with E-state index in [4.69, 9.17) is 5.73 Å². The standard InChI is InChI=1S/C14H18BrN3/c1-9(2)8-10-4-6-11(7-5-10)13-12(15)14(16)18(3)17-13/h4-7,9H,8,16H2,1-3H3. The maximum atomic E-state index is 5.89. The Labute approximate surface area is 116 Å². The zero-order valence-corrected chi connectivity index (χ0v) is 12.5. The Kier molecular flexibility index (Phi) is 3.76. The van der Waals surface area contributed by atoms with Crippen LogP contribution in [0.2, 0.25) is 0 Å². The van der Waals surface area contributed by atoms with E-state index >= 15 is 0 Å². The van der Waals surface area contributed by atoms with Gasteiger partial charge < -0.3 is 5.73 Å². The molecular formula is C14H18BrN3. The molecule has 1 heterocycles. The Morgan fingerprint density at radius 1 is 1.28 bits per heavy atom. The molecule has 0 radical (unpaired) electrons. The van der Waals surface area contributed by atoms with Gasteiger partial charge in [0.15, 0.2) is 0 Å². The number of hydrogen-bond acceptors (Lipinski definition) is 2. The molecule has 1 aromatic carbocycles. The van der Waals surface area contributed by atoms with Gasteiger partial charge in [-0.25, -0.2) is 0 Å². The van der Waals surface area contributed by atoms with Crippen LogP contribution in [0.3, 0.4) is 0 Å². The van der Waals surface area contributed by atoms with Crippen LogP contribution in [0, 0.1) is 5.92 Å². The number of aryl methyl sites for hydroxylation is 1. The second-order valence-corrected chi connectivity index (χ2v) is 5.76. The number of aromatic nitrogens is 2. The number of nitrogens with two attached hydrogens (primary N) is 1. The maximum absolute atomic E-state index is 5.89. The first-order valence-electron chi connectivity index (χ1n) is 6.06. The van der Waals surface area contributed by atoms with E-state index < -0.39 is 0 Å². The molecule has 2 rings (SSSR count). The molecule has 96 valence electrons. The highest BCUT2D eigenvalue weighted by Gasteiger charge is 2.12. The Bertz CT molecular complexity index is 541. The summed E-state index contributed by atoms with van der Waals surface area (Å²) in [7, 11) is 1.84. The molecule has 0 aliphatic carbocycles. The van der Waals surface area contributed by atoms with Crippen LogP contribution in [-0.4, -0.2) is 9.78 Å². The van der Waals surface area contributed by atoms with E-state index in [1.54, 1.807) is 4.68 Å².